The largest absolute Gasteiger partial charge is 0.316 e. The fourth-order valence-electron chi connectivity index (χ4n) is 2.44. The van der Waals surface area contributed by atoms with E-state index in [-0.39, 0.29) is 0 Å². The van der Waals surface area contributed by atoms with Crippen LogP contribution in [0.5, 0.6) is 0 Å². The topological polar surface area (TPSA) is 34.0 Å². The van der Waals surface area contributed by atoms with Crippen LogP contribution in [0.15, 0.2) is 43.0 Å². The lowest BCUT2D eigenvalue weighted by atomic mass is 10.2. The highest BCUT2D eigenvalue weighted by atomic mass is 15.3. The fourth-order valence-corrected chi connectivity index (χ4v) is 2.44. The molecule has 0 amide bonds. The van der Waals surface area contributed by atoms with Gasteiger partial charge < -0.3 is 4.57 Å². The van der Waals surface area contributed by atoms with Gasteiger partial charge in [-0.25, -0.2) is 0 Å². The molecular formula is C13H16N4. The maximum absolute atomic E-state index is 3.87. The monoisotopic (exact) mass is 228 g/mol. The van der Waals surface area contributed by atoms with Crippen molar-refractivity contribution >= 4 is 0 Å². The molecule has 0 N–H and O–H groups in total. The van der Waals surface area contributed by atoms with Crippen molar-refractivity contribution in [2.45, 2.75) is 19.0 Å². The number of likely N-dealkylation sites (tertiary alicyclic amines) is 1. The van der Waals surface area contributed by atoms with Gasteiger partial charge in [-0.1, -0.05) is 30.3 Å². The predicted molar refractivity (Wildman–Crippen MR) is 65.4 cm³/mol. The first-order valence-electron chi connectivity index (χ1n) is 6.02. The minimum absolute atomic E-state index is 0.536. The van der Waals surface area contributed by atoms with Crippen LogP contribution in [-0.4, -0.2) is 32.8 Å². The van der Waals surface area contributed by atoms with Crippen molar-refractivity contribution in [2.24, 2.45) is 0 Å². The number of aromatic nitrogens is 3. The van der Waals surface area contributed by atoms with Crippen LogP contribution in [0.25, 0.3) is 0 Å². The lowest BCUT2D eigenvalue weighted by molar-refractivity contribution is 0.316. The Morgan fingerprint density at radius 3 is 2.65 bits per heavy atom. The van der Waals surface area contributed by atoms with Crippen molar-refractivity contribution in [1.29, 1.82) is 0 Å². The quantitative estimate of drug-likeness (QED) is 0.802. The number of hydrogen-bond donors (Lipinski definition) is 0. The van der Waals surface area contributed by atoms with E-state index in [2.05, 4.69) is 50.0 Å². The second-order valence-corrected chi connectivity index (χ2v) is 4.57. The van der Waals surface area contributed by atoms with E-state index in [1.54, 1.807) is 0 Å². The number of benzene rings is 1. The molecule has 1 fully saturated rings. The molecular weight excluding hydrogens is 212 g/mol. The second kappa shape index (κ2) is 4.67. The maximum atomic E-state index is 3.87. The minimum Gasteiger partial charge on any atom is -0.316 e. The highest BCUT2D eigenvalue weighted by Gasteiger charge is 2.23. The summed E-state index contributed by atoms with van der Waals surface area (Å²) in [5.74, 6) is 0. The normalized spacial score (nSPS) is 20.8. The van der Waals surface area contributed by atoms with Crippen molar-refractivity contribution in [3.63, 3.8) is 0 Å². The minimum atomic E-state index is 0.536. The Balaban J connectivity index is 1.61. The molecule has 1 aliphatic heterocycles. The van der Waals surface area contributed by atoms with E-state index in [9.17, 15) is 0 Å². The number of hydrogen-bond acceptors (Lipinski definition) is 3. The van der Waals surface area contributed by atoms with Gasteiger partial charge in [0, 0.05) is 25.7 Å². The van der Waals surface area contributed by atoms with Crippen LogP contribution in [0.3, 0.4) is 0 Å². The molecule has 1 atom stereocenters. The third-order valence-corrected chi connectivity index (χ3v) is 3.35. The standard InChI is InChI=1S/C13H16N4/c1-2-4-12(5-3-1)8-16-7-6-13(9-16)17-10-14-15-11-17/h1-5,10-11,13H,6-9H2/t13-/m0/s1. The average Bonchev–Trinajstić information content (AvgIpc) is 3.00. The van der Waals surface area contributed by atoms with Gasteiger partial charge >= 0.3 is 0 Å². The summed E-state index contributed by atoms with van der Waals surface area (Å²) in [5.41, 5.74) is 1.39. The maximum Gasteiger partial charge on any atom is 0.119 e. The van der Waals surface area contributed by atoms with E-state index < -0.39 is 0 Å². The summed E-state index contributed by atoms with van der Waals surface area (Å²) in [6.07, 6.45) is 4.82. The van der Waals surface area contributed by atoms with Crippen LogP contribution in [0, 0.1) is 0 Å². The molecule has 0 radical (unpaired) electrons. The van der Waals surface area contributed by atoms with E-state index in [0.717, 1.165) is 19.6 Å². The van der Waals surface area contributed by atoms with Gasteiger partial charge in [0.1, 0.15) is 12.7 Å². The molecule has 4 nitrogen and oxygen atoms in total. The lowest BCUT2D eigenvalue weighted by Crippen LogP contribution is -2.20. The van der Waals surface area contributed by atoms with Crippen LogP contribution in [0.4, 0.5) is 0 Å². The number of rotatable bonds is 3. The lowest BCUT2D eigenvalue weighted by Gasteiger charge is -2.16. The summed E-state index contributed by atoms with van der Waals surface area (Å²) in [7, 11) is 0. The van der Waals surface area contributed by atoms with Gasteiger partial charge in [0.2, 0.25) is 0 Å². The van der Waals surface area contributed by atoms with Gasteiger partial charge in [0.05, 0.1) is 0 Å². The van der Waals surface area contributed by atoms with Crippen LogP contribution in [0.2, 0.25) is 0 Å². The average molecular weight is 228 g/mol. The van der Waals surface area contributed by atoms with E-state index in [4.69, 9.17) is 0 Å². The van der Waals surface area contributed by atoms with E-state index >= 15 is 0 Å². The molecule has 1 saturated heterocycles. The first-order valence-corrected chi connectivity index (χ1v) is 6.02. The molecule has 88 valence electrons. The molecule has 1 aromatic heterocycles. The summed E-state index contributed by atoms with van der Waals surface area (Å²) >= 11 is 0. The van der Waals surface area contributed by atoms with Crippen LogP contribution in [-0.2, 0) is 6.54 Å². The van der Waals surface area contributed by atoms with Crippen molar-refractivity contribution in [1.82, 2.24) is 19.7 Å². The van der Waals surface area contributed by atoms with Gasteiger partial charge in [-0.3, -0.25) is 4.90 Å². The first kappa shape index (κ1) is 10.5. The third-order valence-electron chi connectivity index (χ3n) is 3.35. The molecule has 0 unspecified atom stereocenters. The van der Waals surface area contributed by atoms with Gasteiger partial charge in [-0.05, 0) is 12.0 Å². The summed E-state index contributed by atoms with van der Waals surface area (Å²) < 4.78 is 2.12. The molecule has 1 aromatic carbocycles. The van der Waals surface area contributed by atoms with Crippen molar-refractivity contribution in [3.05, 3.63) is 48.5 Å². The van der Waals surface area contributed by atoms with Crippen LogP contribution in [0.1, 0.15) is 18.0 Å². The van der Waals surface area contributed by atoms with Gasteiger partial charge in [0.15, 0.2) is 0 Å². The van der Waals surface area contributed by atoms with E-state index in [1.807, 2.05) is 12.7 Å². The molecule has 4 heteroatoms. The summed E-state index contributed by atoms with van der Waals surface area (Å²) in [5, 5.41) is 7.74. The Morgan fingerprint density at radius 1 is 1.12 bits per heavy atom. The van der Waals surface area contributed by atoms with Crippen LogP contribution < -0.4 is 0 Å². The van der Waals surface area contributed by atoms with Gasteiger partial charge in [0.25, 0.3) is 0 Å². The smallest absolute Gasteiger partial charge is 0.119 e. The highest BCUT2D eigenvalue weighted by Crippen LogP contribution is 2.22. The molecule has 2 aromatic rings. The highest BCUT2D eigenvalue weighted by molar-refractivity contribution is 5.14. The molecule has 0 bridgehead atoms. The van der Waals surface area contributed by atoms with Gasteiger partial charge in [-0.2, -0.15) is 0 Å². The Kier molecular flexibility index (Phi) is 2.88. The Morgan fingerprint density at radius 2 is 1.88 bits per heavy atom. The SMILES string of the molecule is c1ccc(CN2CC[C@H](n3cnnc3)C2)cc1. The summed E-state index contributed by atoms with van der Waals surface area (Å²) in [6, 6.07) is 11.2. The van der Waals surface area contributed by atoms with E-state index in [1.165, 1.54) is 12.0 Å². The fraction of sp³-hybridized carbons (Fsp3) is 0.385. The molecule has 0 aliphatic carbocycles. The zero-order chi connectivity index (χ0) is 11.5. The van der Waals surface area contributed by atoms with Crippen molar-refractivity contribution in [3.8, 4) is 0 Å². The van der Waals surface area contributed by atoms with Gasteiger partial charge in [-0.15, -0.1) is 10.2 Å². The van der Waals surface area contributed by atoms with Crippen molar-refractivity contribution < 1.29 is 0 Å². The molecule has 0 spiro atoms. The zero-order valence-electron chi connectivity index (χ0n) is 9.74. The molecule has 0 saturated carbocycles. The third kappa shape index (κ3) is 2.36. The Hall–Kier alpha value is -1.68. The van der Waals surface area contributed by atoms with Crippen LogP contribution >= 0.6 is 0 Å². The zero-order valence-corrected chi connectivity index (χ0v) is 9.74. The first-order chi connectivity index (χ1) is 8.42. The predicted octanol–water partition coefficient (Wildman–Crippen LogP) is 1.73. The second-order valence-electron chi connectivity index (χ2n) is 4.57. The Bertz CT molecular complexity index is 452. The summed E-state index contributed by atoms with van der Waals surface area (Å²) in [4.78, 5) is 2.49. The summed E-state index contributed by atoms with van der Waals surface area (Å²) in [6.45, 7) is 3.28. The molecule has 1 aliphatic rings. The molecule has 17 heavy (non-hydrogen) atoms. The van der Waals surface area contributed by atoms with Crippen molar-refractivity contribution in [2.75, 3.05) is 13.1 Å². The Labute approximate surface area is 101 Å². The van der Waals surface area contributed by atoms with E-state index in [0.29, 0.717) is 6.04 Å². The molecule has 2 heterocycles. The number of nitrogens with zero attached hydrogens (tertiary/aromatic N) is 4. The molecule has 3 rings (SSSR count).